The topological polar surface area (TPSA) is 84.4 Å². The third kappa shape index (κ3) is 4.26. The monoisotopic (exact) mass is 324 g/mol. The Labute approximate surface area is 142 Å². The third-order valence-corrected chi connectivity index (χ3v) is 4.41. The molecule has 5 nitrogen and oxygen atoms in total. The molecule has 2 aromatic rings. The molecule has 0 unspecified atom stereocenters. The smallest absolute Gasteiger partial charge is 0.251 e. The Morgan fingerprint density at radius 3 is 2.29 bits per heavy atom. The van der Waals surface area contributed by atoms with Gasteiger partial charge in [-0.3, -0.25) is 9.69 Å². The molecule has 5 N–H and O–H groups in total. The van der Waals surface area contributed by atoms with Crippen molar-refractivity contribution in [3.63, 3.8) is 0 Å². The van der Waals surface area contributed by atoms with Gasteiger partial charge in [0.15, 0.2) is 0 Å². The number of piperidine rings is 1. The summed E-state index contributed by atoms with van der Waals surface area (Å²) in [5, 5.41) is 3.10. The van der Waals surface area contributed by atoms with Crippen LogP contribution in [-0.4, -0.2) is 29.9 Å². The van der Waals surface area contributed by atoms with E-state index < -0.39 is 0 Å². The molecular weight excluding hydrogens is 300 g/mol. The van der Waals surface area contributed by atoms with E-state index in [2.05, 4.69) is 34.5 Å². The number of nitrogens with zero attached hydrogens (tertiary/aromatic N) is 1. The van der Waals surface area contributed by atoms with Gasteiger partial charge in [-0.05, 0) is 36.6 Å². The van der Waals surface area contributed by atoms with Crippen LogP contribution in [0.5, 0.6) is 0 Å². The Bertz CT molecular complexity index is 674. The average molecular weight is 324 g/mol. The third-order valence-electron chi connectivity index (χ3n) is 4.41. The fraction of sp³-hybridized carbons (Fsp3) is 0.316. The first-order valence-electron chi connectivity index (χ1n) is 8.33. The van der Waals surface area contributed by atoms with Crippen molar-refractivity contribution in [2.24, 2.45) is 0 Å². The molecule has 1 amide bonds. The van der Waals surface area contributed by atoms with Gasteiger partial charge >= 0.3 is 0 Å². The number of nitrogen functional groups attached to an aromatic ring is 2. The van der Waals surface area contributed by atoms with Gasteiger partial charge in [0, 0.05) is 42.6 Å². The predicted octanol–water partition coefficient (Wildman–Crippen LogP) is 2.25. The number of amides is 1. The molecule has 5 heteroatoms. The Hall–Kier alpha value is -2.53. The Kier molecular flexibility index (Phi) is 5.01. The van der Waals surface area contributed by atoms with Crippen LogP contribution in [0, 0.1) is 0 Å². The van der Waals surface area contributed by atoms with Gasteiger partial charge in [-0.1, -0.05) is 30.3 Å². The summed E-state index contributed by atoms with van der Waals surface area (Å²) >= 11 is 0. The van der Waals surface area contributed by atoms with Gasteiger partial charge in [0.25, 0.3) is 5.91 Å². The van der Waals surface area contributed by atoms with Crippen molar-refractivity contribution in [1.29, 1.82) is 0 Å². The van der Waals surface area contributed by atoms with Crippen LogP contribution in [0.4, 0.5) is 11.4 Å². The molecule has 24 heavy (non-hydrogen) atoms. The zero-order chi connectivity index (χ0) is 16.9. The summed E-state index contributed by atoms with van der Waals surface area (Å²) < 4.78 is 0. The predicted molar refractivity (Wildman–Crippen MR) is 97.5 cm³/mol. The van der Waals surface area contributed by atoms with Gasteiger partial charge in [-0.2, -0.15) is 0 Å². The SMILES string of the molecule is Nc1cc(N)cc(C(=O)NC2CCN(Cc3ccccc3)CC2)c1. The van der Waals surface area contributed by atoms with E-state index >= 15 is 0 Å². The molecule has 1 saturated heterocycles. The molecule has 1 aliphatic rings. The second kappa shape index (κ2) is 7.36. The standard InChI is InChI=1S/C19H24N4O/c20-16-10-15(11-17(21)12-16)19(24)22-18-6-8-23(9-7-18)13-14-4-2-1-3-5-14/h1-5,10-12,18H,6-9,13,20-21H2,(H,22,24). The van der Waals surface area contributed by atoms with Gasteiger partial charge in [-0.25, -0.2) is 0 Å². The molecule has 0 atom stereocenters. The van der Waals surface area contributed by atoms with Gasteiger partial charge < -0.3 is 16.8 Å². The zero-order valence-electron chi connectivity index (χ0n) is 13.7. The first-order chi connectivity index (χ1) is 11.6. The molecule has 1 aliphatic heterocycles. The number of hydrogen-bond acceptors (Lipinski definition) is 4. The lowest BCUT2D eigenvalue weighted by molar-refractivity contribution is 0.0909. The van der Waals surface area contributed by atoms with E-state index in [-0.39, 0.29) is 11.9 Å². The number of hydrogen-bond donors (Lipinski definition) is 3. The van der Waals surface area contributed by atoms with Crippen molar-refractivity contribution >= 4 is 17.3 Å². The van der Waals surface area contributed by atoms with Crippen molar-refractivity contribution in [1.82, 2.24) is 10.2 Å². The number of carbonyl (C=O) groups excluding carboxylic acids is 1. The molecule has 126 valence electrons. The number of nitrogens with two attached hydrogens (primary N) is 2. The van der Waals surface area contributed by atoms with Crippen LogP contribution in [0.1, 0.15) is 28.8 Å². The summed E-state index contributed by atoms with van der Waals surface area (Å²) in [5.74, 6) is -0.101. The number of rotatable bonds is 4. The molecule has 1 heterocycles. The molecule has 2 aromatic carbocycles. The number of benzene rings is 2. The minimum Gasteiger partial charge on any atom is -0.399 e. The lowest BCUT2D eigenvalue weighted by Gasteiger charge is -2.32. The first kappa shape index (κ1) is 16.3. The molecule has 0 aliphatic carbocycles. The lowest BCUT2D eigenvalue weighted by atomic mass is 10.0. The minimum atomic E-state index is -0.101. The number of nitrogens with one attached hydrogen (secondary N) is 1. The van der Waals surface area contributed by atoms with Gasteiger partial charge in [0.2, 0.25) is 0 Å². The highest BCUT2D eigenvalue weighted by molar-refractivity contribution is 5.96. The maximum atomic E-state index is 12.4. The molecule has 0 saturated carbocycles. The van der Waals surface area contributed by atoms with Crippen LogP contribution in [0.2, 0.25) is 0 Å². The molecule has 3 rings (SSSR count). The van der Waals surface area contributed by atoms with E-state index in [9.17, 15) is 4.79 Å². The Morgan fingerprint density at radius 2 is 1.67 bits per heavy atom. The van der Waals surface area contributed by atoms with Crippen molar-refractivity contribution in [3.8, 4) is 0 Å². The van der Waals surface area contributed by atoms with E-state index in [4.69, 9.17) is 11.5 Å². The highest BCUT2D eigenvalue weighted by Gasteiger charge is 2.21. The highest BCUT2D eigenvalue weighted by Crippen LogP contribution is 2.16. The fourth-order valence-corrected chi connectivity index (χ4v) is 3.15. The van der Waals surface area contributed by atoms with Crippen molar-refractivity contribution in [2.45, 2.75) is 25.4 Å². The van der Waals surface area contributed by atoms with Gasteiger partial charge in [0.1, 0.15) is 0 Å². The maximum absolute atomic E-state index is 12.4. The molecule has 0 aromatic heterocycles. The van der Waals surface area contributed by atoms with E-state index in [1.807, 2.05) is 6.07 Å². The van der Waals surface area contributed by atoms with Crippen LogP contribution in [-0.2, 0) is 6.54 Å². The molecular formula is C19H24N4O. The summed E-state index contributed by atoms with van der Waals surface area (Å²) in [6.45, 7) is 2.94. The summed E-state index contributed by atoms with van der Waals surface area (Å²) in [7, 11) is 0. The summed E-state index contributed by atoms with van der Waals surface area (Å²) in [6.07, 6.45) is 1.91. The second-order valence-electron chi connectivity index (χ2n) is 6.40. The van der Waals surface area contributed by atoms with E-state index in [1.54, 1.807) is 18.2 Å². The largest absolute Gasteiger partial charge is 0.399 e. The number of likely N-dealkylation sites (tertiary alicyclic amines) is 1. The quantitative estimate of drug-likeness (QED) is 0.753. The summed E-state index contributed by atoms with van der Waals surface area (Å²) in [4.78, 5) is 14.8. The van der Waals surface area contributed by atoms with E-state index in [0.29, 0.717) is 16.9 Å². The van der Waals surface area contributed by atoms with Crippen molar-refractivity contribution < 1.29 is 4.79 Å². The van der Waals surface area contributed by atoms with E-state index in [1.165, 1.54) is 5.56 Å². The highest BCUT2D eigenvalue weighted by atomic mass is 16.1. The Balaban J connectivity index is 1.51. The second-order valence-corrected chi connectivity index (χ2v) is 6.40. The average Bonchev–Trinajstić information content (AvgIpc) is 2.57. The number of carbonyl (C=O) groups is 1. The normalized spacial score (nSPS) is 16.0. The molecule has 0 spiro atoms. The van der Waals surface area contributed by atoms with Crippen LogP contribution in [0.15, 0.2) is 48.5 Å². The fourth-order valence-electron chi connectivity index (χ4n) is 3.15. The molecule has 1 fully saturated rings. The van der Waals surface area contributed by atoms with Crippen LogP contribution < -0.4 is 16.8 Å². The summed E-state index contributed by atoms with van der Waals surface area (Å²) in [6, 6.07) is 15.7. The molecule has 0 radical (unpaired) electrons. The van der Waals surface area contributed by atoms with Crippen LogP contribution in [0.25, 0.3) is 0 Å². The minimum absolute atomic E-state index is 0.101. The zero-order valence-corrected chi connectivity index (χ0v) is 13.7. The van der Waals surface area contributed by atoms with Crippen molar-refractivity contribution in [3.05, 3.63) is 59.7 Å². The molecule has 0 bridgehead atoms. The van der Waals surface area contributed by atoms with Crippen LogP contribution >= 0.6 is 0 Å². The van der Waals surface area contributed by atoms with Gasteiger partial charge in [-0.15, -0.1) is 0 Å². The number of anilines is 2. The Morgan fingerprint density at radius 1 is 1.04 bits per heavy atom. The first-order valence-corrected chi connectivity index (χ1v) is 8.33. The van der Waals surface area contributed by atoms with Crippen LogP contribution in [0.3, 0.4) is 0 Å². The van der Waals surface area contributed by atoms with E-state index in [0.717, 1.165) is 32.5 Å². The maximum Gasteiger partial charge on any atom is 0.251 e. The van der Waals surface area contributed by atoms with Gasteiger partial charge in [0.05, 0.1) is 0 Å². The van der Waals surface area contributed by atoms with Crippen molar-refractivity contribution in [2.75, 3.05) is 24.6 Å². The lowest BCUT2D eigenvalue weighted by Crippen LogP contribution is -2.44. The summed E-state index contributed by atoms with van der Waals surface area (Å²) in [5.41, 5.74) is 14.4.